The Morgan fingerprint density at radius 1 is 1.29 bits per heavy atom. The minimum atomic E-state index is 0.0295. The lowest BCUT2D eigenvalue weighted by atomic mass is 10.3. The minimum absolute atomic E-state index is 0.0295. The number of hydrogen-bond acceptors (Lipinski definition) is 1. The van der Waals surface area contributed by atoms with Crippen LogP contribution in [0.5, 0.6) is 0 Å². The van der Waals surface area contributed by atoms with Crippen molar-refractivity contribution >= 4 is 6.03 Å². The quantitative estimate of drug-likeness (QED) is 0.627. The van der Waals surface area contributed by atoms with Crippen LogP contribution in [0.15, 0.2) is 0 Å². The molecule has 1 radical (unpaired) electrons. The summed E-state index contributed by atoms with van der Waals surface area (Å²) in [6, 6.07) is 0.0295. The SMILES string of the molecule is [CH2]CN(CCCC)C(=O)NCCCC. The third-order valence-electron chi connectivity index (χ3n) is 2.15. The van der Waals surface area contributed by atoms with Gasteiger partial charge in [-0.15, -0.1) is 0 Å². The summed E-state index contributed by atoms with van der Waals surface area (Å²) >= 11 is 0. The highest BCUT2D eigenvalue weighted by molar-refractivity contribution is 5.74. The number of unbranched alkanes of at least 4 members (excludes halogenated alkanes) is 2. The summed E-state index contributed by atoms with van der Waals surface area (Å²) in [5, 5.41) is 2.89. The molecule has 0 saturated heterocycles. The largest absolute Gasteiger partial charge is 0.338 e. The third-order valence-corrected chi connectivity index (χ3v) is 2.15. The molecule has 0 aliphatic rings. The first kappa shape index (κ1) is 13.3. The van der Waals surface area contributed by atoms with E-state index in [4.69, 9.17) is 0 Å². The molecule has 1 N–H and O–H groups in total. The molecule has 0 aromatic heterocycles. The zero-order chi connectivity index (χ0) is 10.8. The molecule has 14 heavy (non-hydrogen) atoms. The fourth-order valence-corrected chi connectivity index (χ4v) is 1.15. The Kier molecular flexibility index (Phi) is 8.39. The Morgan fingerprint density at radius 2 is 1.93 bits per heavy atom. The molecule has 3 heteroatoms. The molecule has 0 aromatic rings. The molecular weight excluding hydrogens is 176 g/mol. The van der Waals surface area contributed by atoms with Gasteiger partial charge in [-0.2, -0.15) is 0 Å². The summed E-state index contributed by atoms with van der Waals surface area (Å²) in [7, 11) is 0. The molecule has 0 fully saturated rings. The Balaban J connectivity index is 3.67. The Morgan fingerprint density at radius 3 is 2.43 bits per heavy atom. The maximum Gasteiger partial charge on any atom is 0.317 e. The molecule has 0 saturated carbocycles. The van der Waals surface area contributed by atoms with Crippen LogP contribution in [0.1, 0.15) is 39.5 Å². The van der Waals surface area contributed by atoms with Gasteiger partial charge in [-0.05, 0) is 19.8 Å². The predicted octanol–water partition coefficient (Wildman–Crippen LogP) is 2.43. The van der Waals surface area contributed by atoms with Crippen molar-refractivity contribution in [1.82, 2.24) is 10.2 Å². The molecule has 0 heterocycles. The van der Waals surface area contributed by atoms with Crippen molar-refractivity contribution in [2.45, 2.75) is 39.5 Å². The Bertz CT molecular complexity index is 148. The molecule has 0 rings (SSSR count). The van der Waals surface area contributed by atoms with E-state index in [9.17, 15) is 4.79 Å². The lowest BCUT2D eigenvalue weighted by Gasteiger charge is -2.20. The average molecular weight is 199 g/mol. The molecule has 0 bridgehead atoms. The first-order chi connectivity index (χ1) is 6.76. The van der Waals surface area contributed by atoms with Crippen LogP contribution in [0.25, 0.3) is 0 Å². The van der Waals surface area contributed by atoms with Crippen molar-refractivity contribution in [2.24, 2.45) is 0 Å². The number of rotatable bonds is 7. The number of nitrogens with zero attached hydrogens (tertiary/aromatic N) is 1. The van der Waals surface area contributed by atoms with E-state index in [0.29, 0.717) is 6.54 Å². The highest BCUT2D eigenvalue weighted by Gasteiger charge is 2.08. The summed E-state index contributed by atoms with van der Waals surface area (Å²) in [4.78, 5) is 13.3. The standard InChI is InChI=1S/C11H23N2O/c1-4-7-9-12-11(14)13(6-3)10-8-5-2/h3-10H2,1-2H3,(H,12,14). The van der Waals surface area contributed by atoms with Gasteiger partial charge in [0.2, 0.25) is 0 Å². The minimum Gasteiger partial charge on any atom is -0.338 e. The van der Waals surface area contributed by atoms with Gasteiger partial charge >= 0.3 is 6.03 Å². The fraction of sp³-hybridized carbons (Fsp3) is 0.818. The average Bonchev–Trinajstić information content (AvgIpc) is 2.19. The topological polar surface area (TPSA) is 32.3 Å². The smallest absolute Gasteiger partial charge is 0.317 e. The van der Waals surface area contributed by atoms with Gasteiger partial charge in [0.15, 0.2) is 0 Å². The van der Waals surface area contributed by atoms with E-state index in [1.165, 1.54) is 0 Å². The normalized spacial score (nSPS) is 9.93. The molecular formula is C11H23N2O. The number of urea groups is 1. The lowest BCUT2D eigenvalue weighted by Crippen LogP contribution is -2.40. The summed E-state index contributed by atoms with van der Waals surface area (Å²) < 4.78 is 0. The summed E-state index contributed by atoms with van der Waals surface area (Å²) in [6.45, 7) is 10.1. The van der Waals surface area contributed by atoms with Gasteiger partial charge in [0.05, 0.1) is 0 Å². The molecule has 0 atom stereocenters. The second kappa shape index (κ2) is 8.85. The van der Waals surface area contributed by atoms with Crippen LogP contribution in [0, 0.1) is 6.92 Å². The van der Waals surface area contributed by atoms with Crippen LogP contribution in [-0.2, 0) is 0 Å². The summed E-state index contributed by atoms with van der Waals surface area (Å²) in [5.41, 5.74) is 0. The van der Waals surface area contributed by atoms with E-state index in [0.717, 1.165) is 38.8 Å². The monoisotopic (exact) mass is 199 g/mol. The molecule has 0 spiro atoms. The van der Waals surface area contributed by atoms with Gasteiger partial charge in [-0.25, -0.2) is 4.79 Å². The second-order valence-corrected chi connectivity index (χ2v) is 3.43. The van der Waals surface area contributed by atoms with Crippen molar-refractivity contribution < 1.29 is 4.79 Å². The first-order valence-electron chi connectivity index (χ1n) is 5.58. The van der Waals surface area contributed by atoms with Gasteiger partial charge in [0.1, 0.15) is 0 Å². The zero-order valence-corrected chi connectivity index (χ0v) is 9.51. The lowest BCUT2D eigenvalue weighted by molar-refractivity contribution is 0.202. The van der Waals surface area contributed by atoms with Gasteiger partial charge in [0, 0.05) is 19.6 Å². The predicted molar refractivity (Wildman–Crippen MR) is 60.1 cm³/mol. The van der Waals surface area contributed by atoms with Crippen molar-refractivity contribution in [3.8, 4) is 0 Å². The van der Waals surface area contributed by atoms with E-state index in [1.807, 2.05) is 0 Å². The number of amides is 2. The van der Waals surface area contributed by atoms with Crippen LogP contribution in [0.4, 0.5) is 4.79 Å². The molecule has 0 aromatic carbocycles. The maximum atomic E-state index is 11.5. The Labute approximate surface area is 87.9 Å². The van der Waals surface area contributed by atoms with Crippen LogP contribution >= 0.6 is 0 Å². The van der Waals surface area contributed by atoms with Crippen LogP contribution in [-0.4, -0.2) is 30.6 Å². The second-order valence-electron chi connectivity index (χ2n) is 3.43. The van der Waals surface area contributed by atoms with Crippen molar-refractivity contribution in [1.29, 1.82) is 0 Å². The zero-order valence-electron chi connectivity index (χ0n) is 9.51. The molecule has 3 nitrogen and oxygen atoms in total. The van der Waals surface area contributed by atoms with Crippen LogP contribution in [0.2, 0.25) is 0 Å². The summed E-state index contributed by atoms with van der Waals surface area (Å²) in [6.07, 6.45) is 4.32. The van der Waals surface area contributed by atoms with Gasteiger partial charge < -0.3 is 10.2 Å². The van der Waals surface area contributed by atoms with Crippen molar-refractivity contribution in [3.63, 3.8) is 0 Å². The molecule has 0 aliphatic carbocycles. The molecule has 83 valence electrons. The number of carbonyl (C=O) groups is 1. The van der Waals surface area contributed by atoms with E-state index < -0.39 is 0 Å². The van der Waals surface area contributed by atoms with Crippen molar-refractivity contribution in [3.05, 3.63) is 6.92 Å². The van der Waals surface area contributed by atoms with E-state index in [1.54, 1.807) is 4.90 Å². The van der Waals surface area contributed by atoms with Crippen molar-refractivity contribution in [2.75, 3.05) is 19.6 Å². The van der Waals surface area contributed by atoms with Crippen LogP contribution in [0.3, 0.4) is 0 Å². The van der Waals surface area contributed by atoms with Crippen LogP contribution < -0.4 is 5.32 Å². The highest BCUT2D eigenvalue weighted by Crippen LogP contribution is 1.95. The fourth-order valence-electron chi connectivity index (χ4n) is 1.15. The van der Waals surface area contributed by atoms with E-state index >= 15 is 0 Å². The first-order valence-corrected chi connectivity index (χ1v) is 5.58. The third kappa shape index (κ3) is 5.84. The van der Waals surface area contributed by atoms with Gasteiger partial charge in [-0.1, -0.05) is 26.7 Å². The molecule has 0 aliphatic heterocycles. The molecule has 2 amide bonds. The maximum absolute atomic E-state index is 11.5. The highest BCUT2D eigenvalue weighted by atomic mass is 16.2. The van der Waals surface area contributed by atoms with Gasteiger partial charge in [-0.3, -0.25) is 0 Å². The number of nitrogens with one attached hydrogen (secondary N) is 1. The number of carbonyl (C=O) groups excluding carboxylic acids is 1. The molecule has 0 unspecified atom stereocenters. The van der Waals surface area contributed by atoms with E-state index in [2.05, 4.69) is 26.1 Å². The number of hydrogen-bond donors (Lipinski definition) is 1. The van der Waals surface area contributed by atoms with E-state index in [-0.39, 0.29) is 6.03 Å². The summed E-state index contributed by atoms with van der Waals surface area (Å²) in [5.74, 6) is 0. The Hall–Kier alpha value is -0.730. The van der Waals surface area contributed by atoms with Gasteiger partial charge in [0.25, 0.3) is 0 Å².